The SMILES string of the molecule is CN1[C@@H]2CCC[C@H]1C[C@@H](NC(=O)c1nn(C)c3ccccc13)C2.Cl.[H+]. The van der Waals surface area contributed by atoms with Crippen molar-refractivity contribution in [3.8, 4) is 0 Å². The van der Waals surface area contributed by atoms with Crippen LogP contribution in [0.2, 0.25) is 0 Å². The van der Waals surface area contributed by atoms with Crippen LogP contribution in [-0.2, 0) is 7.05 Å². The van der Waals surface area contributed by atoms with Crippen LogP contribution in [0.1, 0.15) is 44.0 Å². The molecule has 3 atom stereocenters. The van der Waals surface area contributed by atoms with Gasteiger partial charge in [-0.15, -0.1) is 12.4 Å². The smallest absolute Gasteiger partial charge is 0.348 e. The molecule has 2 aromatic rings. The molecule has 0 saturated carbocycles. The average Bonchev–Trinajstić information content (AvgIpc) is 2.86. The fraction of sp³-hybridized carbons (Fsp3) is 0.556. The lowest BCUT2D eigenvalue weighted by Crippen LogP contribution is -2.55. The monoisotopic (exact) mass is 349 g/mol. The molecular formula is C18H26ClN4O+. The van der Waals surface area contributed by atoms with E-state index in [1.807, 2.05) is 31.3 Å². The third-order valence-electron chi connectivity index (χ3n) is 5.65. The van der Waals surface area contributed by atoms with Gasteiger partial charge in [0.1, 0.15) is 0 Å². The number of halogens is 1. The van der Waals surface area contributed by atoms with E-state index >= 15 is 0 Å². The third kappa shape index (κ3) is 2.91. The highest BCUT2D eigenvalue weighted by molar-refractivity contribution is 6.04. The van der Waals surface area contributed by atoms with Crippen LogP contribution in [0.3, 0.4) is 0 Å². The molecule has 1 aromatic carbocycles. The number of carbonyl (C=O) groups excluding carboxylic acids is 1. The number of fused-ring (bicyclic) bond motifs is 3. The first-order chi connectivity index (χ1) is 11.1. The van der Waals surface area contributed by atoms with Crippen molar-refractivity contribution in [1.82, 2.24) is 20.0 Å². The molecule has 3 heterocycles. The molecule has 0 spiro atoms. The molecular weight excluding hydrogens is 324 g/mol. The first-order valence-corrected chi connectivity index (χ1v) is 8.58. The molecule has 2 saturated heterocycles. The number of hydrogen-bond acceptors (Lipinski definition) is 3. The molecule has 130 valence electrons. The van der Waals surface area contributed by atoms with E-state index in [4.69, 9.17) is 0 Å². The number of piperidine rings is 2. The number of hydrogen-bond donors (Lipinski definition) is 1. The standard InChI is InChI=1S/C18H24N4O.ClH/c1-21-13-6-5-7-14(21)11-12(10-13)19-18(23)17-15-8-3-4-9-16(15)22(2)20-17;/h3-4,8-9,12-14H,5-7,10-11H2,1-2H3,(H,19,23);1H/p+1/t12-,13+,14-;. The maximum absolute atomic E-state index is 12.7. The second-order valence-corrected chi connectivity index (χ2v) is 7.04. The largest absolute Gasteiger partial charge is 1.00 e. The second kappa shape index (κ2) is 6.73. The molecule has 0 unspecified atom stereocenters. The summed E-state index contributed by atoms with van der Waals surface area (Å²) < 4.78 is 1.79. The molecule has 5 nitrogen and oxygen atoms in total. The Kier molecular flexibility index (Phi) is 4.83. The van der Waals surface area contributed by atoms with Gasteiger partial charge >= 0.3 is 1.43 Å². The van der Waals surface area contributed by atoms with Crippen LogP contribution in [0, 0.1) is 0 Å². The zero-order chi connectivity index (χ0) is 16.0. The second-order valence-electron chi connectivity index (χ2n) is 7.04. The van der Waals surface area contributed by atoms with Crippen LogP contribution in [0.4, 0.5) is 0 Å². The van der Waals surface area contributed by atoms with E-state index in [2.05, 4.69) is 22.4 Å². The third-order valence-corrected chi connectivity index (χ3v) is 5.65. The molecule has 0 aliphatic carbocycles. The Balaban J connectivity index is 0.00000113. The van der Waals surface area contributed by atoms with Gasteiger partial charge in [-0.05, 0) is 38.8 Å². The Morgan fingerprint density at radius 1 is 1.21 bits per heavy atom. The van der Waals surface area contributed by atoms with Gasteiger partial charge in [0.25, 0.3) is 5.91 Å². The van der Waals surface area contributed by atoms with Crippen LogP contribution in [0.5, 0.6) is 0 Å². The van der Waals surface area contributed by atoms with E-state index in [-0.39, 0.29) is 25.8 Å². The minimum atomic E-state index is -0.0329. The zero-order valence-electron chi connectivity index (χ0n) is 15.2. The fourth-order valence-electron chi connectivity index (χ4n) is 4.37. The van der Waals surface area contributed by atoms with Crippen LogP contribution in [-0.4, -0.2) is 45.8 Å². The quantitative estimate of drug-likeness (QED) is 0.907. The minimum Gasteiger partial charge on any atom is -0.348 e. The van der Waals surface area contributed by atoms with Crippen molar-refractivity contribution >= 4 is 29.2 Å². The number of nitrogens with one attached hydrogen (secondary N) is 1. The number of para-hydroxylation sites is 1. The number of nitrogens with zero attached hydrogens (tertiary/aromatic N) is 3. The summed E-state index contributed by atoms with van der Waals surface area (Å²) in [6.45, 7) is 0. The molecule has 1 aromatic heterocycles. The maximum atomic E-state index is 12.7. The number of amides is 1. The molecule has 2 fully saturated rings. The van der Waals surface area contributed by atoms with Crippen molar-refractivity contribution in [2.24, 2.45) is 7.05 Å². The van der Waals surface area contributed by atoms with Gasteiger partial charge < -0.3 is 10.2 Å². The van der Waals surface area contributed by atoms with Gasteiger partial charge in [-0.3, -0.25) is 9.48 Å². The van der Waals surface area contributed by atoms with Crippen molar-refractivity contribution in [3.63, 3.8) is 0 Å². The normalized spacial score (nSPS) is 26.8. The predicted molar refractivity (Wildman–Crippen MR) is 98.8 cm³/mol. The van der Waals surface area contributed by atoms with E-state index in [1.165, 1.54) is 19.3 Å². The lowest BCUT2D eigenvalue weighted by atomic mass is 9.82. The summed E-state index contributed by atoms with van der Waals surface area (Å²) in [6, 6.07) is 9.42. The predicted octanol–water partition coefficient (Wildman–Crippen LogP) is 2.85. The van der Waals surface area contributed by atoms with E-state index < -0.39 is 0 Å². The van der Waals surface area contributed by atoms with Crippen LogP contribution in [0.25, 0.3) is 10.9 Å². The van der Waals surface area contributed by atoms with Gasteiger partial charge in [0.15, 0.2) is 5.69 Å². The lowest BCUT2D eigenvalue weighted by molar-refractivity contribution is 0.0462. The molecule has 0 radical (unpaired) electrons. The summed E-state index contributed by atoms with van der Waals surface area (Å²) in [4.78, 5) is 15.3. The minimum absolute atomic E-state index is 0. The summed E-state index contributed by atoms with van der Waals surface area (Å²) in [7, 11) is 4.12. The summed E-state index contributed by atoms with van der Waals surface area (Å²) in [5, 5.41) is 8.62. The van der Waals surface area contributed by atoms with Gasteiger partial charge in [0.05, 0.1) is 5.52 Å². The number of aromatic nitrogens is 2. The number of rotatable bonds is 2. The molecule has 2 bridgehead atoms. The number of carbonyl (C=O) groups is 1. The van der Waals surface area contributed by atoms with Crippen molar-refractivity contribution in [1.29, 1.82) is 0 Å². The Hall–Kier alpha value is -1.59. The van der Waals surface area contributed by atoms with Crippen molar-refractivity contribution < 1.29 is 6.22 Å². The van der Waals surface area contributed by atoms with Gasteiger partial charge in [0, 0.05) is 30.6 Å². The van der Waals surface area contributed by atoms with E-state index in [9.17, 15) is 4.79 Å². The van der Waals surface area contributed by atoms with Gasteiger partial charge in [0.2, 0.25) is 0 Å². The maximum Gasteiger partial charge on any atom is 1.00 e. The highest BCUT2D eigenvalue weighted by atomic mass is 35.5. The highest BCUT2D eigenvalue weighted by Crippen LogP contribution is 2.32. The molecule has 2 aliphatic heterocycles. The summed E-state index contributed by atoms with van der Waals surface area (Å²) in [6.07, 6.45) is 5.95. The summed E-state index contributed by atoms with van der Waals surface area (Å²) in [5.41, 5.74) is 1.55. The average molecular weight is 350 g/mol. The Bertz CT molecular complexity index is 736. The summed E-state index contributed by atoms with van der Waals surface area (Å²) in [5.74, 6) is -0.0329. The van der Waals surface area contributed by atoms with Crippen LogP contribution >= 0.6 is 12.4 Å². The van der Waals surface area contributed by atoms with Gasteiger partial charge in [-0.2, -0.15) is 5.10 Å². The lowest BCUT2D eigenvalue weighted by Gasteiger charge is -2.47. The van der Waals surface area contributed by atoms with Crippen LogP contribution < -0.4 is 5.32 Å². The Morgan fingerprint density at radius 2 is 1.88 bits per heavy atom. The molecule has 6 heteroatoms. The highest BCUT2D eigenvalue weighted by Gasteiger charge is 2.36. The van der Waals surface area contributed by atoms with Crippen molar-refractivity contribution in [3.05, 3.63) is 30.0 Å². The van der Waals surface area contributed by atoms with Crippen molar-refractivity contribution in [2.45, 2.75) is 50.2 Å². The fourth-order valence-corrected chi connectivity index (χ4v) is 4.37. The number of aryl methyl sites for hydroxylation is 1. The zero-order valence-corrected chi connectivity index (χ0v) is 15.1. The van der Waals surface area contributed by atoms with Gasteiger partial charge in [-0.25, -0.2) is 0 Å². The first kappa shape index (κ1) is 17.2. The number of benzene rings is 1. The topological polar surface area (TPSA) is 50.2 Å². The summed E-state index contributed by atoms with van der Waals surface area (Å²) >= 11 is 0. The molecule has 24 heavy (non-hydrogen) atoms. The molecule has 2 aliphatic rings. The Labute approximate surface area is 150 Å². The van der Waals surface area contributed by atoms with Crippen LogP contribution in [0.15, 0.2) is 24.3 Å². The molecule has 4 rings (SSSR count). The van der Waals surface area contributed by atoms with Gasteiger partial charge in [-0.1, -0.05) is 24.6 Å². The first-order valence-electron chi connectivity index (χ1n) is 8.58. The molecule has 1 N–H and O–H groups in total. The van der Waals surface area contributed by atoms with E-state index in [0.717, 1.165) is 23.7 Å². The van der Waals surface area contributed by atoms with E-state index in [1.54, 1.807) is 4.68 Å². The molecule has 1 amide bonds. The van der Waals surface area contributed by atoms with E-state index in [0.29, 0.717) is 17.8 Å². The van der Waals surface area contributed by atoms with Crippen molar-refractivity contribution in [2.75, 3.05) is 7.05 Å². The Morgan fingerprint density at radius 3 is 2.58 bits per heavy atom.